The van der Waals surface area contributed by atoms with Gasteiger partial charge in [-0.05, 0) is 48.4 Å². The number of methoxy groups -OCH3 is 1. The zero-order valence-corrected chi connectivity index (χ0v) is 20.4. The molecule has 0 bridgehead atoms. The van der Waals surface area contributed by atoms with Gasteiger partial charge in [-0.15, -0.1) is 11.8 Å². The van der Waals surface area contributed by atoms with Crippen LogP contribution in [-0.2, 0) is 22.8 Å². The summed E-state index contributed by atoms with van der Waals surface area (Å²) in [6.45, 7) is 3.10. The Balaban J connectivity index is 1.48. The fourth-order valence-electron chi connectivity index (χ4n) is 4.75. The first-order chi connectivity index (χ1) is 16.9. The second-order valence-electron chi connectivity index (χ2n) is 8.69. The molecule has 35 heavy (non-hydrogen) atoms. The summed E-state index contributed by atoms with van der Waals surface area (Å²) in [7, 11) is 1.58. The quantitative estimate of drug-likeness (QED) is 0.557. The number of amides is 3. The Morgan fingerprint density at radius 3 is 2.66 bits per heavy atom. The molecule has 2 aliphatic rings. The number of hydrogen-bond acceptors (Lipinski definition) is 4. The van der Waals surface area contributed by atoms with Crippen LogP contribution in [0.2, 0.25) is 0 Å². The number of hydrogen-bond donors (Lipinski definition) is 1. The van der Waals surface area contributed by atoms with Crippen LogP contribution in [0.25, 0.3) is 0 Å². The van der Waals surface area contributed by atoms with Crippen LogP contribution in [0.4, 0.5) is 14.9 Å². The van der Waals surface area contributed by atoms with Gasteiger partial charge in [0.05, 0.1) is 19.3 Å². The first-order valence-electron chi connectivity index (χ1n) is 11.4. The lowest BCUT2D eigenvalue weighted by molar-refractivity contribution is -0.123. The van der Waals surface area contributed by atoms with Crippen LogP contribution in [-0.4, -0.2) is 36.2 Å². The Morgan fingerprint density at radius 2 is 1.91 bits per heavy atom. The molecule has 1 saturated heterocycles. The molecule has 2 heterocycles. The van der Waals surface area contributed by atoms with E-state index in [9.17, 15) is 14.0 Å². The number of thioether (sulfide) groups is 1. The smallest absolute Gasteiger partial charge is 0.319 e. The first-order valence-corrected chi connectivity index (χ1v) is 12.4. The van der Waals surface area contributed by atoms with E-state index in [1.807, 2.05) is 49.4 Å². The van der Waals surface area contributed by atoms with Gasteiger partial charge in [0, 0.05) is 24.4 Å². The van der Waals surface area contributed by atoms with Crippen molar-refractivity contribution in [2.45, 2.75) is 24.9 Å². The van der Waals surface area contributed by atoms with Crippen molar-refractivity contribution in [2.75, 3.05) is 24.3 Å². The highest BCUT2D eigenvalue weighted by Gasteiger charge is 2.59. The normalized spacial score (nSPS) is 18.8. The number of carbonyl (C=O) groups excluding carboxylic acids is 2. The summed E-state index contributed by atoms with van der Waals surface area (Å²) in [5, 5.41) is 3.00. The molecule has 3 aromatic rings. The van der Waals surface area contributed by atoms with Crippen molar-refractivity contribution >= 4 is 29.4 Å². The van der Waals surface area contributed by atoms with E-state index < -0.39 is 4.87 Å². The molecule has 1 N–H and O–H groups in total. The molecule has 0 saturated carbocycles. The van der Waals surface area contributed by atoms with E-state index in [1.54, 1.807) is 29.0 Å². The average Bonchev–Trinajstić information content (AvgIpc) is 3.41. The van der Waals surface area contributed by atoms with Crippen molar-refractivity contribution in [2.24, 2.45) is 0 Å². The Kier molecular flexibility index (Phi) is 6.15. The van der Waals surface area contributed by atoms with E-state index in [0.29, 0.717) is 24.6 Å². The third-order valence-electron chi connectivity index (χ3n) is 6.43. The third-order valence-corrected chi connectivity index (χ3v) is 7.85. The highest BCUT2D eigenvalue weighted by atomic mass is 32.2. The molecule has 5 rings (SSSR count). The molecule has 1 spiro atoms. The van der Waals surface area contributed by atoms with Crippen molar-refractivity contribution in [1.82, 2.24) is 10.2 Å². The molecule has 8 heteroatoms. The second kappa shape index (κ2) is 9.26. The molecule has 3 aromatic carbocycles. The molecular weight excluding hydrogens is 465 g/mol. The first kappa shape index (κ1) is 23.2. The lowest BCUT2D eigenvalue weighted by atomic mass is 10.1. The van der Waals surface area contributed by atoms with Crippen molar-refractivity contribution < 1.29 is 18.7 Å². The van der Waals surface area contributed by atoms with Gasteiger partial charge in [-0.2, -0.15) is 0 Å². The van der Waals surface area contributed by atoms with Crippen LogP contribution in [0.1, 0.15) is 22.3 Å². The SMILES string of the molecule is COc1ccc2c(c1)[C@@]1(SCCN1C(=O)NCc1cccc(C)c1)C(=O)N2Cc1ccc(F)cc1. The van der Waals surface area contributed by atoms with Gasteiger partial charge in [-0.25, -0.2) is 9.18 Å². The number of ether oxygens (including phenoxy) is 1. The van der Waals surface area contributed by atoms with Crippen LogP contribution in [0.5, 0.6) is 5.75 Å². The molecule has 0 aromatic heterocycles. The van der Waals surface area contributed by atoms with Gasteiger partial charge in [0.1, 0.15) is 11.6 Å². The number of rotatable bonds is 5. The van der Waals surface area contributed by atoms with Crippen LogP contribution in [0, 0.1) is 12.7 Å². The molecular formula is C27H26FN3O3S. The molecule has 0 unspecified atom stereocenters. The predicted octanol–water partition coefficient (Wildman–Crippen LogP) is 4.80. The topological polar surface area (TPSA) is 61.9 Å². The number of nitrogens with one attached hydrogen (secondary N) is 1. The molecule has 3 amide bonds. The highest BCUT2D eigenvalue weighted by molar-refractivity contribution is 8.01. The van der Waals surface area contributed by atoms with Gasteiger partial charge in [0.25, 0.3) is 5.91 Å². The molecule has 1 atom stereocenters. The summed E-state index contributed by atoms with van der Waals surface area (Å²) in [6, 6.07) is 19.3. The van der Waals surface area contributed by atoms with E-state index in [2.05, 4.69) is 5.32 Å². The minimum atomic E-state index is -1.18. The maximum absolute atomic E-state index is 14.1. The van der Waals surface area contributed by atoms with Crippen LogP contribution in [0.15, 0.2) is 66.7 Å². The zero-order valence-electron chi connectivity index (χ0n) is 19.6. The number of carbonyl (C=O) groups is 2. The largest absolute Gasteiger partial charge is 0.497 e. The summed E-state index contributed by atoms with van der Waals surface area (Å²) in [4.78, 5) is 29.6. The lowest BCUT2D eigenvalue weighted by Gasteiger charge is -2.33. The summed E-state index contributed by atoms with van der Waals surface area (Å²) in [5.74, 6) is 0.737. The van der Waals surface area contributed by atoms with Crippen molar-refractivity contribution in [1.29, 1.82) is 0 Å². The Morgan fingerprint density at radius 1 is 1.11 bits per heavy atom. The monoisotopic (exact) mass is 491 g/mol. The van der Waals surface area contributed by atoms with E-state index in [4.69, 9.17) is 4.74 Å². The van der Waals surface area contributed by atoms with Gasteiger partial charge in [-0.1, -0.05) is 42.0 Å². The summed E-state index contributed by atoms with van der Waals surface area (Å²) in [6.07, 6.45) is 0. The second-order valence-corrected chi connectivity index (χ2v) is 9.98. The summed E-state index contributed by atoms with van der Waals surface area (Å²) < 4.78 is 18.9. The molecule has 180 valence electrons. The number of fused-ring (bicyclic) bond motifs is 2. The number of anilines is 1. The number of urea groups is 1. The molecule has 0 aliphatic carbocycles. The average molecular weight is 492 g/mol. The van der Waals surface area contributed by atoms with E-state index >= 15 is 0 Å². The highest BCUT2D eigenvalue weighted by Crippen LogP contribution is 2.55. The Bertz CT molecular complexity index is 1280. The molecule has 0 radical (unpaired) electrons. The molecule has 6 nitrogen and oxygen atoms in total. The maximum Gasteiger partial charge on any atom is 0.319 e. The van der Waals surface area contributed by atoms with Gasteiger partial charge >= 0.3 is 6.03 Å². The van der Waals surface area contributed by atoms with Crippen LogP contribution in [0.3, 0.4) is 0 Å². The standard InChI is InChI=1S/C27H26FN3O3S/c1-18-4-3-5-20(14-18)16-29-26(33)31-12-13-35-27(31)23-15-22(34-2)10-11-24(23)30(25(27)32)17-19-6-8-21(28)9-7-19/h3-11,14-15H,12-13,16-17H2,1-2H3,(H,29,33)/t27-/m1/s1. The minimum absolute atomic E-state index is 0.182. The fourth-order valence-corrected chi connectivity index (χ4v) is 6.20. The van der Waals surface area contributed by atoms with Gasteiger partial charge in [0.2, 0.25) is 0 Å². The summed E-state index contributed by atoms with van der Waals surface area (Å²) >= 11 is 1.46. The number of aryl methyl sites for hydroxylation is 1. The van der Waals surface area contributed by atoms with E-state index in [1.165, 1.54) is 23.9 Å². The van der Waals surface area contributed by atoms with Crippen molar-refractivity contribution in [3.63, 3.8) is 0 Å². The predicted molar refractivity (Wildman–Crippen MR) is 135 cm³/mol. The number of benzene rings is 3. The summed E-state index contributed by atoms with van der Waals surface area (Å²) in [5.41, 5.74) is 4.38. The lowest BCUT2D eigenvalue weighted by Crippen LogP contribution is -2.53. The van der Waals surface area contributed by atoms with E-state index in [0.717, 1.165) is 27.9 Å². The molecule has 2 aliphatic heterocycles. The number of nitrogens with zero attached hydrogens (tertiary/aromatic N) is 2. The minimum Gasteiger partial charge on any atom is -0.497 e. The Labute approximate surface area is 208 Å². The van der Waals surface area contributed by atoms with Crippen molar-refractivity contribution in [3.05, 3.63) is 94.8 Å². The molecule has 1 fully saturated rings. The van der Waals surface area contributed by atoms with Crippen molar-refractivity contribution in [3.8, 4) is 5.75 Å². The van der Waals surface area contributed by atoms with Gasteiger partial charge in [0.15, 0.2) is 4.87 Å². The fraction of sp³-hybridized carbons (Fsp3) is 0.259. The maximum atomic E-state index is 14.1. The van der Waals surface area contributed by atoms with Gasteiger partial charge < -0.3 is 15.0 Å². The van der Waals surface area contributed by atoms with Gasteiger partial charge in [-0.3, -0.25) is 9.69 Å². The number of halogens is 1. The zero-order chi connectivity index (χ0) is 24.6. The van der Waals surface area contributed by atoms with Crippen LogP contribution < -0.4 is 15.0 Å². The Hall–Kier alpha value is -3.52. The van der Waals surface area contributed by atoms with E-state index in [-0.39, 0.29) is 24.3 Å². The third kappa shape index (κ3) is 4.12. The van der Waals surface area contributed by atoms with Crippen LogP contribution >= 0.6 is 11.8 Å².